The first kappa shape index (κ1) is 19.3. The Labute approximate surface area is 170 Å². The van der Waals surface area contributed by atoms with Gasteiger partial charge in [0.2, 0.25) is 5.91 Å². The van der Waals surface area contributed by atoms with Crippen LogP contribution in [0.5, 0.6) is 11.5 Å². The second kappa shape index (κ2) is 8.13. The van der Waals surface area contributed by atoms with Gasteiger partial charge in [-0.15, -0.1) is 0 Å². The molecule has 2 aromatic carbocycles. The molecule has 2 aromatic rings. The van der Waals surface area contributed by atoms with Crippen LogP contribution in [0.4, 0.5) is 5.69 Å². The summed E-state index contributed by atoms with van der Waals surface area (Å²) in [6, 6.07) is 14.3. The zero-order valence-corrected chi connectivity index (χ0v) is 16.5. The van der Waals surface area contributed by atoms with E-state index in [0.717, 1.165) is 43.2 Å². The Morgan fingerprint density at radius 3 is 2.31 bits per heavy atom. The van der Waals surface area contributed by atoms with Gasteiger partial charge < -0.3 is 19.6 Å². The number of ether oxygens (including phenoxy) is 1. The maximum Gasteiger partial charge on any atom is 0.288 e. The van der Waals surface area contributed by atoms with E-state index in [0.29, 0.717) is 6.54 Å². The van der Waals surface area contributed by atoms with Crippen molar-refractivity contribution in [2.75, 3.05) is 38.2 Å². The SMILES string of the molecule is COc1ccc(CN2C(=O)C[C@@H]([NH+]3CCN(c4ccc(O)cc4)CC3)C2=O)cc1. The molecule has 2 aliphatic rings. The zero-order chi connectivity index (χ0) is 20.4. The molecule has 0 radical (unpaired) electrons. The lowest BCUT2D eigenvalue weighted by Crippen LogP contribution is -3.19. The number of piperazine rings is 1. The molecule has 0 spiro atoms. The number of phenolic OH excluding ortho intramolecular Hbond substituents is 1. The normalized spacial score (nSPS) is 20.4. The first-order chi connectivity index (χ1) is 14.0. The second-order valence-electron chi connectivity index (χ2n) is 7.58. The van der Waals surface area contributed by atoms with Crippen molar-refractivity contribution in [2.45, 2.75) is 19.0 Å². The van der Waals surface area contributed by atoms with Gasteiger partial charge in [-0.05, 0) is 42.0 Å². The van der Waals surface area contributed by atoms with Crippen LogP contribution < -0.4 is 14.5 Å². The summed E-state index contributed by atoms with van der Waals surface area (Å²) in [5, 5.41) is 9.45. The molecule has 4 rings (SSSR count). The predicted octanol–water partition coefficient (Wildman–Crippen LogP) is 0.433. The quantitative estimate of drug-likeness (QED) is 0.718. The fourth-order valence-electron chi connectivity index (χ4n) is 4.15. The van der Waals surface area contributed by atoms with E-state index >= 15 is 0 Å². The van der Waals surface area contributed by atoms with Gasteiger partial charge in [0.15, 0.2) is 6.04 Å². The van der Waals surface area contributed by atoms with Gasteiger partial charge in [0.25, 0.3) is 5.91 Å². The standard InChI is InChI=1S/C22H25N3O4/c1-29-19-8-2-16(3-9-19)15-25-21(27)14-20(22(25)28)24-12-10-23(11-13-24)17-4-6-18(26)7-5-17/h2-9,20,26H,10-15H2,1H3/p+1/t20-/m1/s1. The number of aromatic hydroxyl groups is 1. The molecule has 2 fully saturated rings. The summed E-state index contributed by atoms with van der Waals surface area (Å²) in [6.45, 7) is 3.56. The van der Waals surface area contributed by atoms with Gasteiger partial charge in [0, 0.05) is 5.69 Å². The lowest BCUT2D eigenvalue weighted by molar-refractivity contribution is -0.915. The highest BCUT2D eigenvalue weighted by atomic mass is 16.5. The van der Waals surface area contributed by atoms with E-state index in [4.69, 9.17) is 4.74 Å². The molecule has 29 heavy (non-hydrogen) atoms. The third kappa shape index (κ3) is 4.05. The van der Waals surface area contributed by atoms with Crippen LogP contribution in [0, 0.1) is 0 Å². The van der Waals surface area contributed by atoms with Crippen molar-refractivity contribution in [2.24, 2.45) is 0 Å². The molecule has 152 valence electrons. The van der Waals surface area contributed by atoms with Crippen LogP contribution in [0.2, 0.25) is 0 Å². The van der Waals surface area contributed by atoms with Crippen molar-refractivity contribution in [1.29, 1.82) is 0 Å². The minimum Gasteiger partial charge on any atom is -0.508 e. The fraction of sp³-hybridized carbons (Fsp3) is 0.364. The number of nitrogens with zero attached hydrogens (tertiary/aromatic N) is 2. The van der Waals surface area contributed by atoms with Crippen LogP contribution in [-0.4, -0.2) is 61.2 Å². The van der Waals surface area contributed by atoms with Gasteiger partial charge in [-0.1, -0.05) is 12.1 Å². The first-order valence-corrected chi connectivity index (χ1v) is 9.91. The average molecular weight is 396 g/mol. The average Bonchev–Trinajstić information content (AvgIpc) is 3.03. The largest absolute Gasteiger partial charge is 0.508 e. The summed E-state index contributed by atoms with van der Waals surface area (Å²) < 4.78 is 5.16. The number of carbonyl (C=O) groups is 2. The van der Waals surface area contributed by atoms with E-state index in [2.05, 4.69) is 4.90 Å². The van der Waals surface area contributed by atoms with Crippen molar-refractivity contribution in [3.63, 3.8) is 0 Å². The molecule has 2 N–H and O–H groups in total. The topological polar surface area (TPSA) is 74.5 Å². The van der Waals surface area contributed by atoms with Gasteiger partial charge in [0.05, 0.1) is 46.3 Å². The lowest BCUT2D eigenvalue weighted by Gasteiger charge is -2.35. The number of likely N-dealkylation sites (tertiary alicyclic amines) is 1. The van der Waals surface area contributed by atoms with Gasteiger partial charge in [-0.3, -0.25) is 14.5 Å². The molecule has 2 aliphatic heterocycles. The molecule has 0 aliphatic carbocycles. The Morgan fingerprint density at radius 2 is 1.69 bits per heavy atom. The smallest absolute Gasteiger partial charge is 0.288 e. The predicted molar refractivity (Wildman–Crippen MR) is 108 cm³/mol. The highest BCUT2D eigenvalue weighted by molar-refractivity contribution is 6.04. The van der Waals surface area contributed by atoms with Crippen LogP contribution in [0.15, 0.2) is 48.5 Å². The molecule has 7 nitrogen and oxygen atoms in total. The highest BCUT2D eigenvalue weighted by Gasteiger charge is 2.45. The van der Waals surface area contributed by atoms with Crippen LogP contribution >= 0.6 is 0 Å². The van der Waals surface area contributed by atoms with Crippen molar-refractivity contribution < 1.29 is 24.3 Å². The number of phenols is 1. The van der Waals surface area contributed by atoms with E-state index in [-0.39, 0.29) is 30.0 Å². The molecule has 2 saturated heterocycles. The summed E-state index contributed by atoms with van der Waals surface area (Å²) in [7, 11) is 1.61. The van der Waals surface area contributed by atoms with Gasteiger partial charge in [-0.2, -0.15) is 0 Å². The Kier molecular flexibility index (Phi) is 5.40. The number of carbonyl (C=O) groups excluding carboxylic acids is 2. The molecule has 0 unspecified atom stereocenters. The minimum absolute atomic E-state index is 0.0705. The molecular formula is C22H26N3O4+. The molecule has 0 aromatic heterocycles. The highest BCUT2D eigenvalue weighted by Crippen LogP contribution is 2.20. The van der Waals surface area contributed by atoms with Crippen LogP contribution in [0.1, 0.15) is 12.0 Å². The summed E-state index contributed by atoms with van der Waals surface area (Å²) >= 11 is 0. The summed E-state index contributed by atoms with van der Waals surface area (Å²) in [6.07, 6.45) is 0.281. The van der Waals surface area contributed by atoms with Crippen molar-refractivity contribution >= 4 is 17.5 Å². The van der Waals surface area contributed by atoms with Gasteiger partial charge in [0.1, 0.15) is 11.5 Å². The molecule has 1 atom stereocenters. The van der Waals surface area contributed by atoms with Gasteiger partial charge >= 0.3 is 0 Å². The van der Waals surface area contributed by atoms with E-state index in [1.54, 1.807) is 19.2 Å². The first-order valence-electron chi connectivity index (χ1n) is 9.91. The zero-order valence-electron chi connectivity index (χ0n) is 16.5. The van der Waals surface area contributed by atoms with Crippen molar-refractivity contribution in [1.82, 2.24) is 4.90 Å². The third-order valence-corrected chi connectivity index (χ3v) is 5.86. The van der Waals surface area contributed by atoms with Crippen LogP contribution in [0.25, 0.3) is 0 Å². The second-order valence-corrected chi connectivity index (χ2v) is 7.58. The Hall–Kier alpha value is -3.06. The summed E-state index contributed by atoms with van der Waals surface area (Å²) in [4.78, 5) is 30.3. The molecule has 7 heteroatoms. The third-order valence-electron chi connectivity index (χ3n) is 5.86. The monoisotopic (exact) mass is 396 g/mol. The number of benzene rings is 2. The molecule has 0 bridgehead atoms. The number of quaternary nitrogens is 1. The number of hydrogen-bond acceptors (Lipinski definition) is 5. The number of methoxy groups -OCH3 is 1. The summed E-state index contributed by atoms with van der Waals surface area (Å²) in [5.41, 5.74) is 1.98. The number of rotatable bonds is 5. The molecule has 0 saturated carbocycles. The molecule has 2 amide bonds. The van der Waals surface area contributed by atoms with Gasteiger partial charge in [-0.25, -0.2) is 0 Å². The maximum atomic E-state index is 12.9. The van der Waals surface area contributed by atoms with Crippen LogP contribution in [0.3, 0.4) is 0 Å². The number of amides is 2. The van der Waals surface area contributed by atoms with Crippen LogP contribution in [-0.2, 0) is 16.1 Å². The lowest BCUT2D eigenvalue weighted by atomic mass is 10.1. The number of nitrogens with one attached hydrogen (secondary N) is 1. The van der Waals surface area contributed by atoms with Crippen molar-refractivity contribution in [3.8, 4) is 11.5 Å². The molecular weight excluding hydrogens is 370 g/mol. The van der Waals surface area contributed by atoms with E-state index in [1.807, 2.05) is 36.4 Å². The minimum atomic E-state index is -0.289. The Bertz CT molecular complexity index is 874. The maximum absolute atomic E-state index is 12.9. The fourth-order valence-corrected chi connectivity index (χ4v) is 4.15. The number of anilines is 1. The summed E-state index contributed by atoms with van der Waals surface area (Å²) in [5.74, 6) is 0.842. The number of hydrogen-bond donors (Lipinski definition) is 2. The van der Waals surface area contributed by atoms with E-state index in [9.17, 15) is 14.7 Å². The van der Waals surface area contributed by atoms with E-state index < -0.39 is 0 Å². The molecule has 2 heterocycles. The number of imide groups is 1. The Balaban J connectivity index is 1.36. The van der Waals surface area contributed by atoms with E-state index in [1.165, 1.54) is 9.80 Å². The Morgan fingerprint density at radius 1 is 1.03 bits per heavy atom. The van der Waals surface area contributed by atoms with Crippen molar-refractivity contribution in [3.05, 3.63) is 54.1 Å².